The number of anilines is 1. The molecule has 1 heterocycles. The number of aliphatic carboxylic acids is 2. The molecule has 1 aliphatic rings. The predicted octanol–water partition coefficient (Wildman–Crippen LogP) is 1.28. The number of amides is 4. The first kappa shape index (κ1) is 60.7. The molecule has 400 valence electrons. The average Bonchev–Trinajstić information content (AvgIpc) is 3.36. The second-order valence-corrected chi connectivity index (χ2v) is 15.6. The first-order valence-electron chi connectivity index (χ1n) is 24.2. The maximum Gasteiger partial charge on any atom is 0.305 e. The van der Waals surface area contributed by atoms with Crippen LogP contribution >= 0.6 is 0 Å². The molecule has 22 nitrogen and oxygen atoms in total. The number of ether oxygens (including phenoxy) is 10. The lowest BCUT2D eigenvalue weighted by atomic mass is 10.0. The third-order valence-electron chi connectivity index (χ3n) is 10.1. The lowest BCUT2D eigenvalue weighted by Crippen LogP contribution is -2.43. The van der Waals surface area contributed by atoms with Gasteiger partial charge in [0.05, 0.1) is 164 Å². The first-order chi connectivity index (χ1) is 35.1. The molecule has 4 N–H and O–H groups in total. The van der Waals surface area contributed by atoms with Crippen LogP contribution in [0.4, 0.5) is 5.69 Å². The number of para-hydroxylation sites is 1. The van der Waals surface area contributed by atoms with E-state index in [2.05, 4.69) is 22.5 Å². The van der Waals surface area contributed by atoms with E-state index in [1.807, 2.05) is 48.5 Å². The van der Waals surface area contributed by atoms with Crippen molar-refractivity contribution >= 4 is 41.3 Å². The van der Waals surface area contributed by atoms with Crippen LogP contribution in [0.15, 0.2) is 48.5 Å². The number of hydrogen-bond donors (Lipinski definition) is 4. The summed E-state index contributed by atoms with van der Waals surface area (Å²) in [5.41, 5.74) is 3.30. The Labute approximate surface area is 421 Å². The molecule has 0 radical (unpaired) electrons. The fourth-order valence-corrected chi connectivity index (χ4v) is 6.33. The number of hydrogen-bond acceptors (Lipinski definition) is 16. The minimum Gasteiger partial charge on any atom is -0.481 e. The number of carboxylic acid groups (broad SMARTS) is 2. The smallest absolute Gasteiger partial charge is 0.305 e. The van der Waals surface area contributed by atoms with Crippen molar-refractivity contribution in [3.05, 3.63) is 65.2 Å². The van der Waals surface area contributed by atoms with Gasteiger partial charge in [0.25, 0.3) is 0 Å². The van der Waals surface area contributed by atoms with E-state index in [0.29, 0.717) is 46.1 Å². The van der Waals surface area contributed by atoms with Gasteiger partial charge in [-0.2, -0.15) is 0 Å². The fraction of sp³-hybridized carbons (Fsp3) is 0.600. The van der Waals surface area contributed by atoms with Gasteiger partial charge in [-0.3, -0.25) is 28.8 Å². The zero-order chi connectivity index (χ0) is 51.7. The van der Waals surface area contributed by atoms with Crippen molar-refractivity contribution in [1.29, 1.82) is 0 Å². The van der Waals surface area contributed by atoms with Gasteiger partial charge in [-0.25, -0.2) is 0 Å². The molecule has 0 spiro atoms. The number of carbonyl (C=O) groups excluding carboxylic acids is 4. The lowest BCUT2D eigenvalue weighted by molar-refractivity contribution is -0.139. The predicted molar refractivity (Wildman–Crippen MR) is 259 cm³/mol. The third-order valence-corrected chi connectivity index (χ3v) is 10.1. The van der Waals surface area contributed by atoms with Crippen LogP contribution in [0.25, 0.3) is 0 Å². The molecule has 0 saturated carbocycles. The fourth-order valence-electron chi connectivity index (χ4n) is 6.33. The van der Waals surface area contributed by atoms with E-state index >= 15 is 0 Å². The van der Waals surface area contributed by atoms with Crippen molar-refractivity contribution in [3.8, 4) is 11.8 Å². The summed E-state index contributed by atoms with van der Waals surface area (Å²) in [4.78, 5) is 75.6. The van der Waals surface area contributed by atoms with E-state index < -0.39 is 11.9 Å². The minimum absolute atomic E-state index is 0.0432. The second kappa shape index (κ2) is 40.0. The van der Waals surface area contributed by atoms with Gasteiger partial charge in [-0.15, -0.1) is 0 Å². The molecule has 3 rings (SSSR count). The molecule has 0 atom stereocenters. The highest BCUT2D eigenvalue weighted by molar-refractivity contribution is 5.97. The zero-order valence-electron chi connectivity index (χ0n) is 41.2. The van der Waals surface area contributed by atoms with E-state index in [9.17, 15) is 28.8 Å². The van der Waals surface area contributed by atoms with Gasteiger partial charge in [0.1, 0.15) is 0 Å². The average molecular weight is 1020 g/mol. The number of rotatable bonds is 44. The SMILES string of the molecule is O=C(O)CCOCCOCCOCCN(CCOCCOCCOCCC(=O)O)C(=O)CNC(=O)CCOCCOCCOCCOCCNC(=O)CCC(=O)N1Cc2ccccc2C#Cc2ccccc21. The Balaban J connectivity index is 1.16. The van der Waals surface area contributed by atoms with Crippen molar-refractivity contribution < 1.29 is 86.3 Å². The Morgan fingerprint density at radius 2 is 0.889 bits per heavy atom. The van der Waals surface area contributed by atoms with Gasteiger partial charge in [-0.1, -0.05) is 42.2 Å². The molecule has 0 fully saturated rings. The van der Waals surface area contributed by atoms with Crippen LogP contribution in [-0.4, -0.2) is 209 Å². The molecule has 1 aliphatic heterocycles. The number of benzene rings is 2. The molecule has 0 aromatic heterocycles. The molecule has 72 heavy (non-hydrogen) atoms. The lowest BCUT2D eigenvalue weighted by Gasteiger charge is -2.26. The summed E-state index contributed by atoms with van der Waals surface area (Å²) >= 11 is 0. The highest BCUT2D eigenvalue weighted by Crippen LogP contribution is 2.26. The van der Waals surface area contributed by atoms with Crippen molar-refractivity contribution in [2.75, 3.05) is 163 Å². The maximum absolute atomic E-state index is 13.3. The Morgan fingerprint density at radius 1 is 0.472 bits per heavy atom. The van der Waals surface area contributed by atoms with Gasteiger partial charge in [0.15, 0.2) is 0 Å². The topological polar surface area (TPSA) is 266 Å². The highest BCUT2D eigenvalue weighted by Gasteiger charge is 2.22. The van der Waals surface area contributed by atoms with Crippen molar-refractivity contribution in [2.45, 2.75) is 38.6 Å². The van der Waals surface area contributed by atoms with Gasteiger partial charge in [-0.05, 0) is 23.8 Å². The number of nitrogens with one attached hydrogen (secondary N) is 2. The summed E-state index contributed by atoms with van der Waals surface area (Å²) in [5, 5.41) is 22.7. The highest BCUT2D eigenvalue weighted by atomic mass is 16.6. The summed E-state index contributed by atoms with van der Waals surface area (Å²) in [6.07, 6.45) is -0.0163. The van der Waals surface area contributed by atoms with Crippen molar-refractivity contribution in [3.63, 3.8) is 0 Å². The molecule has 4 amide bonds. The largest absolute Gasteiger partial charge is 0.481 e. The number of nitrogens with zero attached hydrogens (tertiary/aromatic N) is 2. The molecule has 0 unspecified atom stereocenters. The van der Waals surface area contributed by atoms with Crippen molar-refractivity contribution in [2.24, 2.45) is 0 Å². The Kier molecular flexibility index (Phi) is 33.7. The van der Waals surface area contributed by atoms with E-state index in [1.165, 1.54) is 4.90 Å². The number of fused-ring (bicyclic) bond motifs is 2. The molecule has 2 aromatic carbocycles. The Hall–Kier alpha value is -5.58. The monoisotopic (exact) mass is 1020 g/mol. The van der Waals surface area contributed by atoms with Crippen LogP contribution in [0.3, 0.4) is 0 Å². The number of carboxylic acids is 2. The van der Waals surface area contributed by atoms with Crippen LogP contribution in [0.5, 0.6) is 0 Å². The van der Waals surface area contributed by atoms with E-state index in [4.69, 9.17) is 57.6 Å². The summed E-state index contributed by atoms with van der Waals surface area (Å²) in [7, 11) is 0. The first-order valence-corrected chi connectivity index (χ1v) is 24.2. The molecular weight excluding hydrogens is 945 g/mol. The molecular formula is C50H72N4O18. The van der Waals surface area contributed by atoms with Gasteiger partial charge < -0.3 is 78.0 Å². The standard InChI is InChI=1S/C50H72N4O18/c55-45(11-12-47(57)54-40-43-7-2-1-5-41(43)9-10-42-6-3-4-8-44(42)54)51-16-22-66-28-34-72-38-37-71-31-25-63-19-13-46(56)52-39-48(58)53(17-23-67-29-35-69-32-26-64-20-14-49(59)60)18-24-68-30-36-70-33-27-65-21-15-50(61)62/h1-8H,11-40H2,(H,51,55)(H,52,56)(H,59,60)(H,61,62). The van der Waals surface area contributed by atoms with Gasteiger partial charge >= 0.3 is 11.9 Å². The minimum atomic E-state index is -0.934. The maximum atomic E-state index is 13.3. The van der Waals surface area contributed by atoms with Crippen LogP contribution in [0.2, 0.25) is 0 Å². The summed E-state index contributed by atoms with van der Waals surface area (Å²) in [6.45, 7) is 6.03. The van der Waals surface area contributed by atoms with E-state index in [-0.39, 0.29) is 174 Å². The summed E-state index contributed by atoms with van der Waals surface area (Å²) in [6, 6.07) is 15.2. The van der Waals surface area contributed by atoms with Crippen LogP contribution in [-0.2, 0) is 82.7 Å². The van der Waals surface area contributed by atoms with Gasteiger partial charge in [0, 0.05) is 50.0 Å². The summed E-state index contributed by atoms with van der Waals surface area (Å²) < 4.78 is 54.4. The molecule has 0 aliphatic carbocycles. The van der Waals surface area contributed by atoms with Crippen LogP contribution in [0, 0.1) is 11.8 Å². The summed E-state index contributed by atoms with van der Waals surface area (Å²) in [5.74, 6) is 3.42. The zero-order valence-corrected chi connectivity index (χ0v) is 41.2. The van der Waals surface area contributed by atoms with Crippen LogP contribution in [0.1, 0.15) is 48.8 Å². The molecule has 22 heteroatoms. The normalized spacial score (nSPS) is 11.6. The molecule has 2 aromatic rings. The van der Waals surface area contributed by atoms with Gasteiger partial charge in [0.2, 0.25) is 23.6 Å². The third kappa shape index (κ3) is 29.7. The molecule has 0 bridgehead atoms. The quantitative estimate of drug-likeness (QED) is 0.0538. The number of carbonyl (C=O) groups is 6. The Morgan fingerprint density at radius 3 is 1.42 bits per heavy atom. The van der Waals surface area contributed by atoms with Crippen molar-refractivity contribution in [1.82, 2.24) is 15.5 Å². The second-order valence-electron chi connectivity index (χ2n) is 15.6. The van der Waals surface area contributed by atoms with E-state index in [0.717, 1.165) is 22.4 Å². The Bertz CT molecular complexity index is 1910. The van der Waals surface area contributed by atoms with Crippen LogP contribution < -0.4 is 15.5 Å². The molecule has 0 saturated heterocycles. The van der Waals surface area contributed by atoms with E-state index in [1.54, 1.807) is 4.90 Å².